The average molecular weight is 459 g/mol. The molecular weight excluding hydrogens is 428 g/mol. The molecule has 0 bridgehead atoms. The minimum atomic E-state index is -0.201. The van der Waals surface area contributed by atoms with Crippen LogP contribution in [0.25, 0.3) is 5.65 Å². The van der Waals surface area contributed by atoms with Gasteiger partial charge in [-0.3, -0.25) is 4.79 Å². The third kappa shape index (κ3) is 3.08. The molecule has 0 aliphatic carbocycles. The number of ether oxygens (including phenoxy) is 1. The number of benzene rings is 1. The standard InChI is InChI=1S/C26H30N6O2/c33-25(30-13-8-26(9-14-30)21-4-2-1-3-18(21)17-34-26)19-15-31(16-19)24-20-5-10-27-11-6-22(20)29-23-7-12-28-32(23)24/h1-4,7,12,19,27H,5-6,8-11,13-17H2. The molecule has 0 atom stereocenters. The number of piperidine rings is 1. The topological polar surface area (TPSA) is 75.0 Å². The summed E-state index contributed by atoms with van der Waals surface area (Å²) in [6, 6.07) is 10.5. The first-order chi connectivity index (χ1) is 16.7. The zero-order chi connectivity index (χ0) is 22.7. The number of hydrogen-bond acceptors (Lipinski definition) is 6. The van der Waals surface area contributed by atoms with E-state index in [1.54, 1.807) is 0 Å². The lowest BCUT2D eigenvalue weighted by Gasteiger charge is -2.45. The van der Waals surface area contributed by atoms with Gasteiger partial charge in [-0.15, -0.1) is 0 Å². The second-order valence-electron chi connectivity index (χ2n) is 10.1. The summed E-state index contributed by atoms with van der Waals surface area (Å²) in [6.45, 7) is 5.63. The van der Waals surface area contributed by atoms with Crippen molar-refractivity contribution in [1.82, 2.24) is 24.8 Å². The lowest BCUT2D eigenvalue weighted by atomic mass is 9.83. The second-order valence-corrected chi connectivity index (χ2v) is 10.1. The van der Waals surface area contributed by atoms with Crippen molar-refractivity contribution in [1.29, 1.82) is 0 Å². The molecule has 1 aromatic carbocycles. The van der Waals surface area contributed by atoms with Crippen LogP contribution in [0.1, 0.15) is 35.2 Å². The van der Waals surface area contributed by atoms with Crippen LogP contribution in [0.2, 0.25) is 0 Å². The number of anilines is 1. The Balaban J connectivity index is 1.06. The van der Waals surface area contributed by atoms with Gasteiger partial charge in [-0.2, -0.15) is 9.61 Å². The summed E-state index contributed by atoms with van der Waals surface area (Å²) in [7, 11) is 0. The predicted octanol–water partition coefficient (Wildman–Crippen LogP) is 1.90. The van der Waals surface area contributed by atoms with Crippen molar-refractivity contribution < 1.29 is 9.53 Å². The van der Waals surface area contributed by atoms with E-state index in [4.69, 9.17) is 9.72 Å². The predicted molar refractivity (Wildman–Crippen MR) is 128 cm³/mol. The monoisotopic (exact) mass is 458 g/mol. The van der Waals surface area contributed by atoms with E-state index in [2.05, 4.69) is 44.5 Å². The maximum Gasteiger partial charge on any atom is 0.229 e. The van der Waals surface area contributed by atoms with Gasteiger partial charge in [0.2, 0.25) is 5.91 Å². The Kier molecular flexibility index (Phi) is 4.67. The van der Waals surface area contributed by atoms with Crippen LogP contribution in [0.15, 0.2) is 36.5 Å². The summed E-state index contributed by atoms with van der Waals surface area (Å²) in [6.07, 6.45) is 5.45. The van der Waals surface area contributed by atoms with Gasteiger partial charge in [0.1, 0.15) is 5.82 Å². The van der Waals surface area contributed by atoms with Crippen molar-refractivity contribution in [3.8, 4) is 0 Å². The maximum absolute atomic E-state index is 13.4. The quantitative estimate of drug-likeness (QED) is 0.632. The van der Waals surface area contributed by atoms with Gasteiger partial charge < -0.3 is 19.9 Å². The normalized spacial score (nSPS) is 21.9. The molecule has 2 fully saturated rings. The third-order valence-corrected chi connectivity index (χ3v) is 8.21. The lowest BCUT2D eigenvalue weighted by Crippen LogP contribution is -2.57. The fourth-order valence-electron chi connectivity index (χ4n) is 6.29. The van der Waals surface area contributed by atoms with Crippen LogP contribution >= 0.6 is 0 Å². The van der Waals surface area contributed by atoms with E-state index < -0.39 is 0 Å². The first kappa shape index (κ1) is 20.4. The summed E-state index contributed by atoms with van der Waals surface area (Å²) in [5.41, 5.74) is 5.77. The van der Waals surface area contributed by atoms with Crippen LogP contribution in [0.5, 0.6) is 0 Å². The van der Waals surface area contributed by atoms with Crippen molar-refractivity contribution in [2.24, 2.45) is 5.92 Å². The maximum atomic E-state index is 13.4. The summed E-state index contributed by atoms with van der Waals surface area (Å²) in [4.78, 5) is 22.6. The number of nitrogens with one attached hydrogen (secondary N) is 1. The van der Waals surface area contributed by atoms with E-state index in [9.17, 15) is 4.79 Å². The molecule has 8 heteroatoms. The Morgan fingerprint density at radius 3 is 2.79 bits per heavy atom. The molecule has 0 saturated carbocycles. The number of carbonyl (C=O) groups is 1. The van der Waals surface area contributed by atoms with Gasteiger partial charge in [-0.1, -0.05) is 24.3 Å². The summed E-state index contributed by atoms with van der Waals surface area (Å²) in [5.74, 6) is 1.46. The molecule has 8 nitrogen and oxygen atoms in total. The Morgan fingerprint density at radius 2 is 1.91 bits per heavy atom. The van der Waals surface area contributed by atoms with Gasteiger partial charge in [0, 0.05) is 50.8 Å². The highest BCUT2D eigenvalue weighted by atomic mass is 16.5. The number of likely N-dealkylation sites (tertiary alicyclic amines) is 1. The molecule has 34 heavy (non-hydrogen) atoms. The van der Waals surface area contributed by atoms with Gasteiger partial charge in [0.25, 0.3) is 0 Å². The Hall–Kier alpha value is -2.97. The Morgan fingerprint density at radius 1 is 1.09 bits per heavy atom. The number of nitrogens with zero attached hydrogens (tertiary/aromatic N) is 5. The van der Waals surface area contributed by atoms with Gasteiger partial charge in [0.05, 0.1) is 30.0 Å². The van der Waals surface area contributed by atoms with Crippen molar-refractivity contribution >= 4 is 17.4 Å². The molecule has 1 spiro atoms. The Labute approximate surface area is 198 Å². The molecule has 7 rings (SSSR count). The fraction of sp³-hybridized carbons (Fsp3) is 0.500. The smallest absolute Gasteiger partial charge is 0.229 e. The van der Waals surface area contributed by atoms with Gasteiger partial charge in [-0.05, 0) is 36.9 Å². The van der Waals surface area contributed by atoms with Crippen LogP contribution in [-0.2, 0) is 34.6 Å². The molecule has 2 aromatic heterocycles. The molecule has 2 saturated heterocycles. The van der Waals surface area contributed by atoms with Crippen molar-refractivity contribution in [2.45, 2.75) is 37.9 Å². The number of aromatic nitrogens is 3. The van der Waals surface area contributed by atoms with Crippen LogP contribution in [0, 0.1) is 5.92 Å². The third-order valence-electron chi connectivity index (χ3n) is 8.21. The molecule has 6 heterocycles. The van der Waals surface area contributed by atoms with E-state index in [0.29, 0.717) is 6.61 Å². The van der Waals surface area contributed by atoms with Gasteiger partial charge in [0.15, 0.2) is 5.65 Å². The number of fused-ring (bicyclic) bond motifs is 4. The minimum Gasteiger partial charge on any atom is -0.365 e. The zero-order valence-electron chi connectivity index (χ0n) is 19.4. The van der Waals surface area contributed by atoms with Crippen molar-refractivity contribution in [3.05, 3.63) is 58.9 Å². The minimum absolute atomic E-state index is 0.0455. The number of rotatable bonds is 2. The second kappa shape index (κ2) is 7.78. The molecular formula is C26H30N6O2. The fourth-order valence-corrected chi connectivity index (χ4v) is 6.29. The molecule has 4 aliphatic heterocycles. The highest BCUT2D eigenvalue weighted by molar-refractivity contribution is 5.82. The molecule has 0 radical (unpaired) electrons. The van der Waals surface area contributed by atoms with Crippen LogP contribution in [0.4, 0.5) is 5.82 Å². The van der Waals surface area contributed by atoms with E-state index in [-0.39, 0.29) is 17.4 Å². The molecule has 176 valence electrons. The highest BCUT2D eigenvalue weighted by Gasteiger charge is 2.45. The zero-order valence-corrected chi connectivity index (χ0v) is 19.4. The summed E-state index contributed by atoms with van der Waals surface area (Å²) < 4.78 is 8.25. The SMILES string of the molecule is O=C(C1CN(c2c3c(nc4ccnn24)CCNCC3)C1)N1CCC2(CC1)OCc1ccccc12. The molecule has 1 N–H and O–H groups in total. The largest absolute Gasteiger partial charge is 0.365 e. The van der Waals surface area contributed by atoms with E-state index in [1.165, 1.54) is 22.4 Å². The number of amides is 1. The first-order valence-electron chi connectivity index (χ1n) is 12.5. The van der Waals surface area contributed by atoms with Crippen LogP contribution in [-0.4, -0.2) is 64.7 Å². The molecule has 1 amide bonds. The summed E-state index contributed by atoms with van der Waals surface area (Å²) in [5, 5.41) is 8.04. The Bertz CT molecular complexity index is 1260. The molecule has 3 aromatic rings. The molecule has 4 aliphatic rings. The number of carbonyl (C=O) groups excluding carboxylic acids is 1. The molecule has 0 unspecified atom stereocenters. The van der Waals surface area contributed by atoms with Crippen LogP contribution in [0.3, 0.4) is 0 Å². The average Bonchev–Trinajstić information content (AvgIpc) is 3.36. The van der Waals surface area contributed by atoms with E-state index >= 15 is 0 Å². The highest BCUT2D eigenvalue weighted by Crippen LogP contribution is 2.44. The van der Waals surface area contributed by atoms with E-state index in [0.717, 1.165) is 76.4 Å². The van der Waals surface area contributed by atoms with E-state index in [1.807, 2.05) is 16.8 Å². The lowest BCUT2D eigenvalue weighted by molar-refractivity contribution is -0.143. The van der Waals surface area contributed by atoms with Crippen molar-refractivity contribution in [2.75, 3.05) is 44.2 Å². The van der Waals surface area contributed by atoms with Gasteiger partial charge >= 0.3 is 0 Å². The summed E-state index contributed by atoms with van der Waals surface area (Å²) >= 11 is 0. The first-order valence-corrected chi connectivity index (χ1v) is 12.5. The number of hydrogen-bond donors (Lipinski definition) is 1. The van der Waals surface area contributed by atoms with Crippen molar-refractivity contribution in [3.63, 3.8) is 0 Å². The van der Waals surface area contributed by atoms with Gasteiger partial charge in [-0.25, -0.2) is 4.98 Å². The van der Waals surface area contributed by atoms with Crippen LogP contribution < -0.4 is 10.2 Å².